The molecule has 4 rings (SSSR count). The Morgan fingerprint density at radius 2 is 1.90 bits per heavy atom. The standard InChI is InChI=1S/C23H27ClN4O2S/c1-26(2)19-7-4-17(5-8-19)22(29)28(11-3-10-27-12-14-30-15-13-27)23-25-20-9-6-18(24)16-21(20)31-23/h4-9,16H,3,10-15H2,1-2H3. The van der Waals surface area contributed by atoms with E-state index in [4.69, 9.17) is 21.3 Å². The second-order valence-electron chi connectivity index (χ2n) is 7.81. The van der Waals surface area contributed by atoms with Gasteiger partial charge in [-0.2, -0.15) is 0 Å². The van der Waals surface area contributed by atoms with Crippen molar-refractivity contribution in [2.24, 2.45) is 0 Å². The lowest BCUT2D eigenvalue weighted by molar-refractivity contribution is 0.0376. The molecule has 0 N–H and O–H groups in total. The van der Waals surface area contributed by atoms with Gasteiger partial charge < -0.3 is 9.64 Å². The molecule has 6 nitrogen and oxygen atoms in total. The molecule has 1 aliphatic rings. The topological polar surface area (TPSA) is 48.9 Å². The summed E-state index contributed by atoms with van der Waals surface area (Å²) < 4.78 is 6.42. The minimum Gasteiger partial charge on any atom is -0.379 e. The molecule has 2 aromatic carbocycles. The number of carbonyl (C=O) groups is 1. The summed E-state index contributed by atoms with van der Waals surface area (Å²) >= 11 is 7.66. The zero-order valence-electron chi connectivity index (χ0n) is 17.9. The van der Waals surface area contributed by atoms with Crippen molar-refractivity contribution in [3.05, 3.63) is 53.1 Å². The van der Waals surface area contributed by atoms with Crippen LogP contribution < -0.4 is 9.80 Å². The first-order valence-electron chi connectivity index (χ1n) is 10.5. The van der Waals surface area contributed by atoms with E-state index in [-0.39, 0.29) is 5.91 Å². The number of benzene rings is 2. The zero-order valence-corrected chi connectivity index (χ0v) is 19.5. The average Bonchev–Trinajstić information content (AvgIpc) is 3.20. The summed E-state index contributed by atoms with van der Waals surface area (Å²) in [5, 5.41) is 1.38. The van der Waals surface area contributed by atoms with Crippen molar-refractivity contribution >= 4 is 49.9 Å². The first-order valence-corrected chi connectivity index (χ1v) is 11.7. The number of nitrogens with zero attached hydrogens (tertiary/aromatic N) is 4. The van der Waals surface area contributed by atoms with Gasteiger partial charge in [0, 0.05) is 56.5 Å². The van der Waals surface area contributed by atoms with Gasteiger partial charge in [-0.1, -0.05) is 22.9 Å². The summed E-state index contributed by atoms with van der Waals surface area (Å²) in [5.74, 6) is -0.0302. The number of thiazole rings is 1. The highest BCUT2D eigenvalue weighted by Crippen LogP contribution is 2.32. The van der Waals surface area contributed by atoms with Gasteiger partial charge in [0.1, 0.15) is 0 Å². The van der Waals surface area contributed by atoms with Gasteiger partial charge in [-0.15, -0.1) is 0 Å². The molecular weight excluding hydrogens is 432 g/mol. The molecule has 0 atom stereocenters. The van der Waals surface area contributed by atoms with E-state index in [9.17, 15) is 4.79 Å². The number of anilines is 2. The quantitative estimate of drug-likeness (QED) is 0.525. The summed E-state index contributed by atoms with van der Waals surface area (Å²) in [6, 6.07) is 13.3. The predicted molar refractivity (Wildman–Crippen MR) is 129 cm³/mol. The Kier molecular flexibility index (Phi) is 7.07. The molecule has 2 heterocycles. The maximum atomic E-state index is 13.5. The number of morpholine rings is 1. The van der Waals surface area contributed by atoms with Crippen LogP contribution in [0.4, 0.5) is 10.8 Å². The molecule has 0 radical (unpaired) electrons. The van der Waals surface area contributed by atoms with E-state index < -0.39 is 0 Å². The summed E-state index contributed by atoms with van der Waals surface area (Å²) in [7, 11) is 3.97. The van der Waals surface area contributed by atoms with E-state index in [2.05, 4.69) is 4.90 Å². The Morgan fingerprint density at radius 1 is 1.16 bits per heavy atom. The normalized spacial score (nSPS) is 14.7. The summed E-state index contributed by atoms with van der Waals surface area (Å²) in [5.41, 5.74) is 2.58. The number of fused-ring (bicyclic) bond motifs is 1. The number of ether oxygens (including phenoxy) is 1. The molecule has 1 saturated heterocycles. The molecule has 0 spiro atoms. The molecule has 0 saturated carbocycles. The van der Waals surface area contributed by atoms with E-state index >= 15 is 0 Å². The van der Waals surface area contributed by atoms with Crippen LogP contribution in [0.3, 0.4) is 0 Å². The fourth-order valence-electron chi connectivity index (χ4n) is 3.62. The highest BCUT2D eigenvalue weighted by atomic mass is 35.5. The van der Waals surface area contributed by atoms with Crippen LogP contribution in [-0.2, 0) is 4.74 Å². The summed E-state index contributed by atoms with van der Waals surface area (Å²) in [6.45, 7) is 4.99. The Hall–Kier alpha value is -2.19. The number of aromatic nitrogens is 1. The highest BCUT2D eigenvalue weighted by molar-refractivity contribution is 7.22. The second kappa shape index (κ2) is 9.96. The monoisotopic (exact) mass is 458 g/mol. The van der Waals surface area contributed by atoms with E-state index in [0.717, 1.165) is 55.2 Å². The van der Waals surface area contributed by atoms with Crippen LogP contribution in [0, 0.1) is 0 Å². The molecule has 1 aromatic heterocycles. The first-order chi connectivity index (χ1) is 15.0. The molecule has 0 bridgehead atoms. The van der Waals surface area contributed by atoms with Gasteiger partial charge in [-0.05, 0) is 48.9 Å². The van der Waals surface area contributed by atoms with Gasteiger partial charge in [-0.25, -0.2) is 4.98 Å². The fourth-order valence-corrected chi connectivity index (χ4v) is 4.89. The lowest BCUT2D eigenvalue weighted by Crippen LogP contribution is -2.39. The SMILES string of the molecule is CN(C)c1ccc(C(=O)N(CCCN2CCOCC2)c2nc3ccc(Cl)cc3s2)cc1. The van der Waals surface area contributed by atoms with Gasteiger partial charge in [-0.3, -0.25) is 14.6 Å². The molecule has 31 heavy (non-hydrogen) atoms. The number of carbonyl (C=O) groups excluding carboxylic acids is 1. The van der Waals surface area contributed by atoms with Crippen molar-refractivity contribution in [2.45, 2.75) is 6.42 Å². The highest BCUT2D eigenvalue weighted by Gasteiger charge is 2.22. The molecule has 1 aliphatic heterocycles. The molecular formula is C23H27ClN4O2S. The second-order valence-corrected chi connectivity index (χ2v) is 9.26. The van der Waals surface area contributed by atoms with Crippen molar-refractivity contribution in [3.63, 3.8) is 0 Å². The van der Waals surface area contributed by atoms with E-state index in [0.29, 0.717) is 22.3 Å². The van der Waals surface area contributed by atoms with Gasteiger partial charge in [0.05, 0.1) is 23.4 Å². The summed E-state index contributed by atoms with van der Waals surface area (Å²) in [6.07, 6.45) is 0.873. The predicted octanol–water partition coefficient (Wildman–Crippen LogP) is 4.38. The van der Waals surface area contributed by atoms with Crippen molar-refractivity contribution in [2.75, 3.05) is 63.3 Å². The van der Waals surface area contributed by atoms with Crippen molar-refractivity contribution in [3.8, 4) is 0 Å². The van der Waals surface area contributed by atoms with Gasteiger partial charge in [0.15, 0.2) is 5.13 Å². The van der Waals surface area contributed by atoms with Crippen molar-refractivity contribution < 1.29 is 9.53 Å². The third kappa shape index (κ3) is 5.36. The largest absolute Gasteiger partial charge is 0.379 e. The average molecular weight is 459 g/mol. The van der Waals surface area contributed by atoms with Gasteiger partial charge in [0.25, 0.3) is 5.91 Å². The first kappa shape index (κ1) is 22.0. The van der Waals surface area contributed by atoms with Crippen LogP contribution in [0.1, 0.15) is 16.8 Å². The number of halogens is 1. The number of amides is 1. The molecule has 164 valence electrons. The van der Waals surface area contributed by atoms with E-state index in [1.165, 1.54) is 11.3 Å². The molecule has 0 unspecified atom stereocenters. The van der Waals surface area contributed by atoms with Crippen LogP contribution in [0.25, 0.3) is 10.2 Å². The van der Waals surface area contributed by atoms with Crippen molar-refractivity contribution in [1.82, 2.24) is 9.88 Å². The van der Waals surface area contributed by atoms with Crippen LogP contribution >= 0.6 is 22.9 Å². The molecule has 1 amide bonds. The Bertz CT molecular complexity index is 1030. The van der Waals surface area contributed by atoms with E-state index in [1.54, 1.807) is 0 Å². The molecule has 8 heteroatoms. The van der Waals surface area contributed by atoms with Crippen LogP contribution in [0.15, 0.2) is 42.5 Å². The van der Waals surface area contributed by atoms with Crippen molar-refractivity contribution in [1.29, 1.82) is 0 Å². The lowest BCUT2D eigenvalue weighted by atomic mass is 10.1. The number of hydrogen-bond donors (Lipinski definition) is 0. The maximum absolute atomic E-state index is 13.5. The van der Waals surface area contributed by atoms with Crippen LogP contribution in [0.2, 0.25) is 5.02 Å². The Labute approximate surface area is 192 Å². The van der Waals surface area contributed by atoms with Crippen LogP contribution in [0.5, 0.6) is 0 Å². The Morgan fingerprint density at radius 3 is 2.61 bits per heavy atom. The minimum absolute atomic E-state index is 0.0302. The third-order valence-electron chi connectivity index (χ3n) is 5.41. The maximum Gasteiger partial charge on any atom is 0.260 e. The van der Waals surface area contributed by atoms with Crippen LogP contribution in [-0.4, -0.2) is 69.3 Å². The lowest BCUT2D eigenvalue weighted by Gasteiger charge is -2.27. The van der Waals surface area contributed by atoms with Gasteiger partial charge >= 0.3 is 0 Å². The molecule has 0 aliphatic carbocycles. The smallest absolute Gasteiger partial charge is 0.260 e. The van der Waals surface area contributed by atoms with E-state index in [1.807, 2.05) is 66.4 Å². The number of hydrogen-bond acceptors (Lipinski definition) is 6. The summed E-state index contributed by atoms with van der Waals surface area (Å²) in [4.78, 5) is 24.4. The zero-order chi connectivity index (χ0) is 21.8. The number of rotatable bonds is 7. The third-order valence-corrected chi connectivity index (χ3v) is 6.68. The fraction of sp³-hybridized carbons (Fsp3) is 0.391. The Balaban J connectivity index is 1.56. The minimum atomic E-state index is -0.0302. The molecule has 3 aromatic rings. The molecule has 1 fully saturated rings. The van der Waals surface area contributed by atoms with Gasteiger partial charge in [0.2, 0.25) is 0 Å².